The second kappa shape index (κ2) is 24.4. The molecule has 0 saturated carbocycles. The Morgan fingerprint density at radius 2 is 0.973 bits per heavy atom. The molecule has 4 N–H and O–H groups in total. The van der Waals surface area contributed by atoms with E-state index in [1.807, 2.05) is 128 Å². The molecule has 75 heavy (non-hydrogen) atoms. The van der Waals surface area contributed by atoms with Crippen LogP contribution in [0.4, 0.5) is 59.2 Å². The first-order valence-corrected chi connectivity index (χ1v) is 24.7. The maximum Gasteiger partial charge on any atom is 0.251 e. The lowest BCUT2D eigenvalue weighted by atomic mass is 10.0. The van der Waals surface area contributed by atoms with Crippen LogP contribution in [0.15, 0.2) is 171 Å². The van der Waals surface area contributed by atoms with Gasteiger partial charge >= 0.3 is 0 Å². The van der Waals surface area contributed by atoms with Gasteiger partial charge in [-0.05, 0) is 96.1 Å². The largest absolute Gasteiger partial charge is 0.369 e. The van der Waals surface area contributed by atoms with E-state index in [2.05, 4.69) is 71.2 Å². The highest BCUT2D eigenvalue weighted by atomic mass is 19.3. The summed E-state index contributed by atoms with van der Waals surface area (Å²) in [4.78, 5) is 50.6. The smallest absolute Gasteiger partial charge is 0.251 e. The van der Waals surface area contributed by atoms with E-state index in [0.29, 0.717) is 56.0 Å². The van der Waals surface area contributed by atoms with Crippen molar-refractivity contribution in [2.24, 2.45) is 0 Å². The van der Waals surface area contributed by atoms with E-state index in [1.54, 1.807) is 11.1 Å². The molecule has 2 amide bonds. The Morgan fingerprint density at radius 1 is 0.547 bits per heavy atom. The van der Waals surface area contributed by atoms with Crippen LogP contribution < -0.4 is 31.1 Å². The summed E-state index contributed by atoms with van der Waals surface area (Å²) < 4.78 is 37.9. The van der Waals surface area contributed by atoms with Crippen LogP contribution in [0, 0.1) is 0 Å². The number of nitrogens with one attached hydrogen (secondary N) is 4. The molecule has 2 aromatic heterocycles. The quantitative estimate of drug-likeness (QED) is 0.0683. The second-order valence-corrected chi connectivity index (χ2v) is 18.0. The fraction of sp³-hybridized carbons (Fsp3) is 0.207. The van der Waals surface area contributed by atoms with Gasteiger partial charge in [-0.25, -0.2) is 33.1 Å². The maximum atomic E-state index is 12.6. The third-order valence-corrected chi connectivity index (χ3v) is 13.0. The average molecular weight is 1010 g/mol. The van der Waals surface area contributed by atoms with Crippen LogP contribution in [0.3, 0.4) is 0 Å². The molecule has 4 heterocycles. The first kappa shape index (κ1) is 51.2. The molecule has 0 unspecified atom stereocenters. The Labute approximate surface area is 433 Å². The van der Waals surface area contributed by atoms with Gasteiger partial charge in [0.25, 0.3) is 6.43 Å². The Balaban J connectivity index is 0.000000184. The van der Waals surface area contributed by atoms with Gasteiger partial charge in [-0.1, -0.05) is 73.8 Å². The molecule has 6 aromatic carbocycles. The summed E-state index contributed by atoms with van der Waals surface area (Å²) in [6, 6.07) is 43.3. The fourth-order valence-electron chi connectivity index (χ4n) is 9.12. The van der Waals surface area contributed by atoms with Crippen LogP contribution in [0.2, 0.25) is 0 Å². The molecule has 10 rings (SSSR count). The number of carbonyl (C=O) groups excluding carboxylic acids is 2. The van der Waals surface area contributed by atoms with Crippen molar-refractivity contribution < 1.29 is 22.8 Å². The molecule has 2 fully saturated rings. The first-order chi connectivity index (χ1) is 36.6. The van der Waals surface area contributed by atoms with Crippen molar-refractivity contribution in [2.75, 3.05) is 103 Å². The molecular weight excluding hydrogens is 954 g/mol. The lowest BCUT2D eigenvalue weighted by Crippen LogP contribution is -2.47. The van der Waals surface area contributed by atoms with Crippen molar-refractivity contribution in [3.05, 3.63) is 171 Å². The molecule has 2 aliphatic rings. The van der Waals surface area contributed by atoms with Crippen LogP contribution in [0.1, 0.15) is 0 Å². The number of amides is 2. The van der Waals surface area contributed by atoms with E-state index in [1.165, 1.54) is 12.2 Å². The summed E-state index contributed by atoms with van der Waals surface area (Å²) in [6.45, 7) is 13.3. The molecule has 14 nitrogen and oxygen atoms in total. The highest BCUT2D eigenvalue weighted by Crippen LogP contribution is 2.32. The van der Waals surface area contributed by atoms with Gasteiger partial charge in [0.2, 0.25) is 23.7 Å². The number of halogens is 3. The molecule has 0 atom stereocenters. The number of piperazine rings is 2. The van der Waals surface area contributed by atoms with E-state index >= 15 is 0 Å². The number of hydrogen-bond acceptors (Lipinski definition) is 12. The molecule has 0 radical (unpaired) electrons. The average Bonchev–Trinajstić information content (AvgIpc) is 3.44. The number of carbonyl (C=O) groups is 2. The SMILES string of the molecule is C=CC(=O)Nc1cccc(-c2cccc3cnc(Nc4ccc(N5CCN(CC(F)F)CC5)cc4)nc23)c1.C=CC(=O)Nc1cccc(-c2cccc3cnc(Nc4ccc(N5CCN(CCF)CC5)cc4)nc23)c1. The summed E-state index contributed by atoms with van der Waals surface area (Å²) in [5.41, 5.74) is 10.6. The van der Waals surface area contributed by atoms with Gasteiger partial charge in [-0.2, -0.15) is 0 Å². The Bertz CT molecular complexity index is 3270. The third kappa shape index (κ3) is 13.3. The summed E-state index contributed by atoms with van der Waals surface area (Å²) in [5.74, 6) is 0.445. The van der Waals surface area contributed by atoms with Gasteiger partial charge in [0, 0.05) is 127 Å². The van der Waals surface area contributed by atoms with Crippen molar-refractivity contribution in [1.82, 2.24) is 29.7 Å². The number of fused-ring (bicyclic) bond motifs is 2. The van der Waals surface area contributed by atoms with Gasteiger partial charge in [0.15, 0.2) is 0 Å². The van der Waals surface area contributed by atoms with E-state index in [9.17, 15) is 22.8 Å². The van der Waals surface area contributed by atoms with E-state index in [4.69, 9.17) is 9.97 Å². The lowest BCUT2D eigenvalue weighted by molar-refractivity contribution is -0.112. The van der Waals surface area contributed by atoms with Crippen LogP contribution in [0.5, 0.6) is 0 Å². The van der Waals surface area contributed by atoms with Gasteiger partial charge in [0.05, 0.1) is 17.6 Å². The lowest BCUT2D eigenvalue weighted by Gasteiger charge is -2.35. The normalized spacial score (nSPS) is 14.0. The predicted octanol–water partition coefficient (Wildman–Crippen LogP) is 10.8. The summed E-state index contributed by atoms with van der Waals surface area (Å²) in [7, 11) is 0. The topological polar surface area (TPSA) is 147 Å². The number of alkyl halides is 3. The summed E-state index contributed by atoms with van der Waals surface area (Å²) in [6.07, 6.45) is 3.78. The van der Waals surface area contributed by atoms with Crippen molar-refractivity contribution in [2.45, 2.75) is 6.43 Å². The zero-order chi connectivity index (χ0) is 52.1. The Hall–Kier alpha value is -8.67. The van der Waals surface area contributed by atoms with Crippen LogP contribution >= 0.6 is 0 Å². The van der Waals surface area contributed by atoms with Crippen LogP contribution in [-0.2, 0) is 9.59 Å². The molecule has 2 aliphatic heterocycles. The highest BCUT2D eigenvalue weighted by molar-refractivity contribution is 6.01. The number of hydrogen-bond donors (Lipinski definition) is 4. The highest BCUT2D eigenvalue weighted by Gasteiger charge is 2.21. The molecule has 2 saturated heterocycles. The Morgan fingerprint density at radius 3 is 1.39 bits per heavy atom. The maximum absolute atomic E-state index is 12.6. The van der Waals surface area contributed by atoms with Gasteiger partial charge < -0.3 is 31.1 Å². The second-order valence-electron chi connectivity index (χ2n) is 18.0. The van der Waals surface area contributed by atoms with Crippen molar-refractivity contribution in [3.8, 4) is 22.3 Å². The van der Waals surface area contributed by atoms with Crippen LogP contribution in [-0.4, -0.2) is 120 Å². The van der Waals surface area contributed by atoms with E-state index in [0.717, 1.165) is 93.0 Å². The fourth-order valence-corrected chi connectivity index (χ4v) is 9.12. The first-order valence-electron chi connectivity index (χ1n) is 24.7. The summed E-state index contributed by atoms with van der Waals surface area (Å²) >= 11 is 0. The summed E-state index contributed by atoms with van der Waals surface area (Å²) in [5, 5.41) is 14.0. The third-order valence-electron chi connectivity index (χ3n) is 13.0. The standard InChI is InChI=1S/C29H28F2N6O.C29H29FN6O/c1-2-27(38)33-23-7-3-5-20(17-23)25-8-4-6-21-18-32-29(35-28(21)25)34-22-9-11-24(12-10-22)37-15-13-36(14-16-37)19-26(30)31;1-2-27(37)32-24-7-3-5-21(19-24)26-8-4-6-22-20-31-29(34-28(22)26)33-23-9-11-25(12-10-23)36-17-15-35(14-13-30)16-18-36/h2-12,17-18,26H,1,13-16,19H2,(H,33,38)(H,32,34,35);2-12,19-20H,1,13-18H2,(H,32,37)(H,31,33,34). The number of aromatic nitrogens is 4. The molecule has 0 spiro atoms. The van der Waals surface area contributed by atoms with Crippen molar-refractivity contribution >= 4 is 79.6 Å². The minimum atomic E-state index is -2.30. The number of benzene rings is 6. The van der Waals surface area contributed by atoms with E-state index < -0.39 is 6.43 Å². The minimum absolute atomic E-state index is 0.165. The van der Waals surface area contributed by atoms with Gasteiger partial charge in [-0.15, -0.1) is 0 Å². The zero-order valence-electron chi connectivity index (χ0n) is 41.3. The number of anilines is 8. The number of rotatable bonds is 16. The molecular formula is C58H57F3N12O2. The van der Waals surface area contributed by atoms with Crippen molar-refractivity contribution in [1.29, 1.82) is 0 Å². The van der Waals surface area contributed by atoms with Crippen LogP contribution in [0.25, 0.3) is 44.1 Å². The monoisotopic (exact) mass is 1010 g/mol. The van der Waals surface area contributed by atoms with E-state index in [-0.39, 0.29) is 25.0 Å². The molecule has 382 valence electrons. The molecule has 8 aromatic rings. The molecule has 17 heteroatoms. The predicted molar refractivity (Wildman–Crippen MR) is 296 cm³/mol. The zero-order valence-corrected chi connectivity index (χ0v) is 41.3. The minimum Gasteiger partial charge on any atom is -0.369 e. The van der Waals surface area contributed by atoms with Gasteiger partial charge in [-0.3, -0.25) is 19.4 Å². The molecule has 0 bridgehead atoms. The van der Waals surface area contributed by atoms with Crippen molar-refractivity contribution in [3.63, 3.8) is 0 Å². The van der Waals surface area contributed by atoms with Gasteiger partial charge in [0.1, 0.15) is 6.67 Å². The number of nitrogens with zero attached hydrogens (tertiary/aromatic N) is 8. The molecule has 0 aliphatic carbocycles. The Kier molecular flexibility index (Phi) is 16.6. The number of para-hydroxylation sites is 2.